The number of benzene rings is 3. The van der Waals surface area contributed by atoms with Gasteiger partial charge in [-0.05, 0) is 66.2 Å². The molecule has 0 saturated heterocycles. The smallest absolute Gasteiger partial charge is 0.343 e. The summed E-state index contributed by atoms with van der Waals surface area (Å²) >= 11 is 15.1. The van der Waals surface area contributed by atoms with Crippen LogP contribution in [0.4, 0.5) is 5.69 Å². The molecule has 154 valence electrons. The molecule has 0 saturated carbocycles. The summed E-state index contributed by atoms with van der Waals surface area (Å²) in [5, 5.41) is 12.6. The zero-order valence-corrected chi connectivity index (χ0v) is 18.8. The minimum absolute atomic E-state index is 0.106. The SMILES string of the molecule is N#CC(=Cc1ccc(OC(=O)c2ccc(Br)cc2)cc1)C(=O)Nc1ccc(Cl)c(Cl)c1. The molecule has 0 aliphatic carbocycles. The second-order valence-corrected chi connectivity index (χ2v) is 7.95. The van der Waals surface area contributed by atoms with Gasteiger partial charge in [-0.2, -0.15) is 5.26 Å². The van der Waals surface area contributed by atoms with E-state index in [1.807, 2.05) is 6.07 Å². The number of nitrogens with zero attached hydrogens (tertiary/aromatic N) is 1. The highest BCUT2D eigenvalue weighted by Crippen LogP contribution is 2.25. The average Bonchev–Trinajstić information content (AvgIpc) is 2.76. The minimum Gasteiger partial charge on any atom is -0.423 e. The molecule has 1 amide bonds. The fourth-order valence-corrected chi connectivity index (χ4v) is 3.03. The first-order valence-corrected chi connectivity index (χ1v) is 10.4. The molecule has 3 rings (SSSR count). The number of hydrogen-bond acceptors (Lipinski definition) is 4. The van der Waals surface area contributed by atoms with Crippen molar-refractivity contribution in [1.82, 2.24) is 0 Å². The van der Waals surface area contributed by atoms with E-state index in [-0.39, 0.29) is 10.6 Å². The maximum absolute atomic E-state index is 12.4. The monoisotopic (exact) mass is 514 g/mol. The Morgan fingerprint density at radius 2 is 1.65 bits per heavy atom. The standard InChI is InChI=1S/C23H13BrCl2N2O3/c24-17-5-3-15(4-6-17)23(30)31-19-8-1-14(2-9-19)11-16(13-27)22(29)28-18-7-10-20(25)21(26)12-18/h1-12H,(H,28,29). The van der Waals surface area contributed by atoms with Crippen molar-refractivity contribution < 1.29 is 14.3 Å². The molecule has 31 heavy (non-hydrogen) atoms. The van der Waals surface area contributed by atoms with Crippen molar-refractivity contribution in [2.45, 2.75) is 0 Å². The average molecular weight is 516 g/mol. The molecular weight excluding hydrogens is 503 g/mol. The molecule has 3 aromatic carbocycles. The van der Waals surface area contributed by atoms with E-state index in [4.69, 9.17) is 27.9 Å². The Kier molecular flexibility index (Phi) is 7.48. The van der Waals surface area contributed by atoms with Crippen LogP contribution in [0, 0.1) is 11.3 Å². The van der Waals surface area contributed by atoms with Gasteiger partial charge in [0.2, 0.25) is 0 Å². The summed E-state index contributed by atoms with van der Waals surface area (Å²) in [7, 11) is 0. The summed E-state index contributed by atoms with van der Waals surface area (Å²) in [4.78, 5) is 24.6. The lowest BCUT2D eigenvalue weighted by Gasteiger charge is -2.06. The van der Waals surface area contributed by atoms with Crippen molar-refractivity contribution in [2.24, 2.45) is 0 Å². The molecule has 8 heteroatoms. The van der Waals surface area contributed by atoms with Crippen LogP contribution in [0.3, 0.4) is 0 Å². The topological polar surface area (TPSA) is 79.2 Å². The van der Waals surface area contributed by atoms with Gasteiger partial charge in [-0.3, -0.25) is 4.79 Å². The Labute approximate surface area is 197 Å². The number of anilines is 1. The normalized spacial score (nSPS) is 10.8. The number of nitriles is 1. The van der Waals surface area contributed by atoms with Crippen LogP contribution in [0.2, 0.25) is 10.0 Å². The van der Waals surface area contributed by atoms with Gasteiger partial charge in [0, 0.05) is 10.2 Å². The van der Waals surface area contributed by atoms with Gasteiger partial charge in [-0.15, -0.1) is 0 Å². The molecule has 0 spiro atoms. The highest BCUT2D eigenvalue weighted by Gasteiger charge is 2.11. The lowest BCUT2D eigenvalue weighted by atomic mass is 10.1. The van der Waals surface area contributed by atoms with Gasteiger partial charge in [-0.25, -0.2) is 4.79 Å². The highest BCUT2D eigenvalue weighted by molar-refractivity contribution is 9.10. The predicted octanol–water partition coefficient (Wildman–Crippen LogP) is 6.52. The molecular formula is C23H13BrCl2N2O3. The molecule has 0 heterocycles. The van der Waals surface area contributed by atoms with Crippen molar-refractivity contribution in [3.8, 4) is 11.8 Å². The molecule has 0 radical (unpaired) electrons. The number of carbonyl (C=O) groups excluding carboxylic acids is 2. The number of amides is 1. The third-order valence-corrected chi connectivity index (χ3v) is 5.29. The molecule has 0 bridgehead atoms. The van der Waals surface area contributed by atoms with E-state index < -0.39 is 11.9 Å². The Bertz CT molecular complexity index is 1200. The third kappa shape index (κ3) is 6.19. The van der Waals surface area contributed by atoms with Crippen molar-refractivity contribution in [3.05, 3.63) is 97.9 Å². The van der Waals surface area contributed by atoms with Gasteiger partial charge in [0.05, 0.1) is 15.6 Å². The maximum Gasteiger partial charge on any atom is 0.343 e. The summed E-state index contributed by atoms with van der Waals surface area (Å²) in [5.74, 6) is -0.745. The van der Waals surface area contributed by atoms with E-state index in [2.05, 4.69) is 21.2 Å². The first kappa shape index (κ1) is 22.6. The van der Waals surface area contributed by atoms with Crippen LogP contribution in [-0.2, 0) is 4.79 Å². The fourth-order valence-electron chi connectivity index (χ4n) is 2.47. The summed E-state index contributed by atoms with van der Waals surface area (Å²) in [6.07, 6.45) is 1.42. The molecule has 1 N–H and O–H groups in total. The van der Waals surface area contributed by atoms with Gasteiger partial charge in [0.25, 0.3) is 5.91 Å². The van der Waals surface area contributed by atoms with Crippen molar-refractivity contribution >= 4 is 62.8 Å². The van der Waals surface area contributed by atoms with Gasteiger partial charge in [0.15, 0.2) is 0 Å². The van der Waals surface area contributed by atoms with Gasteiger partial charge < -0.3 is 10.1 Å². The number of carbonyl (C=O) groups is 2. The number of nitrogens with one attached hydrogen (secondary N) is 1. The molecule has 0 aromatic heterocycles. The van der Waals surface area contributed by atoms with Crippen LogP contribution >= 0.6 is 39.1 Å². The Morgan fingerprint density at radius 1 is 0.968 bits per heavy atom. The van der Waals surface area contributed by atoms with Crippen LogP contribution in [0.25, 0.3) is 6.08 Å². The zero-order valence-electron chi connectivity index (χ0n) is 15.7. The van der Waals surface area contributed by atoms with E-state index in [9.17, 15) is 14.9 Å². The van der Waals surface area contributed by atoms with Crippen LogP contribution in [-0.4, -0.2) is 11.9 Å². The molecule has 0 atom stereocenters. The Morgan fingerprint density at radius 3 is 2.26 bits per heavy atom. The minimum atomic E-state index is -0.591. The fraction of sp³-hybridized carbons (Fsp3) is 0. The van der Waals surface area contributed by atoms with Crippen LogP contribution in [0.15, 0.2) is 76.8 Å². The van der Waals surface area contributed by atoms with Crippen LogP contribution < -0.4 is 10.1 Å². The van der Waals surface area contributed by atoms with Crippen molar-refractivity contribution in [1.29, 1.82) is 5.26 Å². The molecule has 3 aromatic rings. The zero-order chi connectivity index (χ0) is 22.4. The highest BCUT2D eigenvalue weighted by atomic mass is 79.9. The van der Waals surface area contributed by atoms with Gasteiger partial charge in [-0.1, -0.05) is 51.3 Å². The largest absolute Gasteiger partial charge is 0.423 e. The van der Waals surface area contributed by atoms with Crippen LogP contribution in [0.1, 0.15) is 15.9 Å². The predicted molar refractivity (Wildman–Crippen MR) is 124 cm³/mol. The van der Waals surface area contributed by atoms with Crippen molar-refractivity contribution in [2.75, 3.05) is 5.32 Å². The summed E-state index contributed by atoms with van der Waals surface area (Å²) in [5.41, 5.74) is 1.31. The first-order chi connectivity index (χ1) is 14.9. The Hall–Kier alpha value is -3.11. The Balaban J connectivity index is 1.69. The molecule has 0 aliphatic rings. The van der Waals surface area contributed by atoms with E-state index in [1.165, 1.54) is 12.1 Å². The van der Waals surface area contributed by atoms with Crippen LogP contribution in [0.5, 0.6) is 5.75 Å². The van der Waals surface area contributed by atoms with E-state index in [1.54, 1.807) is 60.7 Å². The summed E-state index contributed by atoms with van der Waals surface area (Å²) in [6.45, 7) is 0. The number of rotatable bonds is 5. The number of halogens is 3. The van der Waals surface area contributed by atoms with Gasteiger partial charge >= 0.3 is 5.97 Å². The lowest BCUT2D eigenvalue weighted by Crippen LogP contribution is -2.13. The number of ether oxygens (including phenoxy) is 1. The van der Waals surface area contributed by atoms with E-state index >= 15 is 0 Å². The summed E-state index contributed by atoms with van der Waals surface area (Å²) < 4.78 is 6.19. The second-order valence-electron chi connectivity index (χ2n) is 6.22. The van der Waals surface area contributed by atoms with E-state index in [0.717, 1.165) is 4.47 Å². The summed E-state index contributed by atoms with van der Waals surface area (Å²) in [6, 6.07) is 19.7. The molecule has 0 fully saturated rings. The first-order valence-electron chi connectivity index (χ1n) is 8.82. The third-order valence-electron chi connectivity index (χ3n) is 4.02. The lowest BCUT2D eigenvalue weighted by molar-refractivity contribution is -0.112. The quantitative estimate of drug-likeness (QED) is 0.181. The number of esters is 1. The molecule has 0 unspecified atom stereocenters. The second kappa shape index (κ2) is 10.3. The number of hydrogen-bond donors (Lipinski definition) is 1. The molecule has 5 nitrogen and oxygen atoms in total. The van der Waals surface area contributed by atoms with Gasteiger partial charge in [0.1, 0.15) is 17.4 Å². The molecule has 0 aliphatic heterocycles. The maximum atomic E-state index is 12.4. The van der Waals surface area contributed by atoms with E-state index in [0.29, 0.717) is 27.6 Å². The van der Waals surface area contributed by atoms with Crippen molar-refractivity contribution in [3.63, 3.8) is 0 Å².